The first-order valence-electron chi connectivity index (χ1n) is 7.01. The fourth-order valence-electron chi connectivity index (χ4n) is 2.57. The number of nitrogens with one attached hydrogen (secondary N) is 1. The van der Waals surface area contributed by atoms with Crippen LogP contribution in [0.5, 0.6) is 0 Å². The lowest BCUT2D eigenvalue weighted by molar-refractivity contribution is 0.779. The molecule has 4 rings (SSSR count). The zero-order valence-electron chi connectivity index (χ0n) is 12.5. The molecule has 0 radical (unpaired) electrons. The molecule has 0 amide bonds. The highest BCUT2D eigenvalue weighted by molar-refractivity contribution is 7.21. The van der Waals surface area contributed by atoms with E-state index >= 15 is 0 Å². The standard InChI is InChI=1S/C16H12N6S/c1-18-16-20-13-4-3-12(19-15(13)23-16)9-5-10(7-17)14-11(6-9)8-22(2)21-14/h3-6,8H,1-2H3,(H,18,20). The molecule has 0 unspecified atom stereocenters. The van der Waals surface area contributed by atoms with Gasteiger partial charge in [-0.25, -0.2) is 9.97 Å². The normalized spacial score (nSPS) is 11.0. The van der Waals surface area contributed by atoms with Gasteiger partial charge in [0.1, 0.15) is 21.9 Å². The van der Waals surface area contributed by atoms with Gasteiger partial charge in [0.05, 0.1) is 11.3 Å². The quantitative estimate of drug-likeness (QED) is 0.614. The lowest BCUT2D eigenvalue weighted by Gasteiger charge is -2.02. The molecule has 0 atom stereocenters. The van der Waals surface area contributed by atoms with Crippen LogP contribution in [0.1, 0.15) is 5.56 Å². The summed E-state index contributed by atoms with van der Waals surface area (Å²) in [6.07, 6.45) is 1.91. The molecule has 0 aliphatic rings. The van der Waals surface area contributed by atoms with Crippen molar-refractivity contribution in [3.05, 3.63) is 36.0 Å². The van der Waals surface area contributed by atoms with Crippen LogP contribution in [-0.4, -0.2) is 26.8 Å². The lowest BCUT2D eigenvalue weighted by atomic mass is 10.0. The van der Waals surface area contributed by atoms with Crippen molar-refractivity contribution in [1.82, 2.24) is 19.7 Å². The summed E-state index contributed by atoms with van der Waals surface area (Å²) >= 11 is 1.51. The van der Waals surface area contributed by atoms with Crippen LogP contribution < -0.4 is 5.32 Å². The van der Waals surface area contributed by atoms with Crippen LogP contribution in [0.4, 0.5) is 5.13 Å². The third-order valence-electron chi connectivity index (χ3n) is 3.61. The summed E-state index contributed by atoms with van der Waals surface area (Å²) in [7, 11) is 3.69. The second-order valence-corrected chi connectivity index (χ2v) is 6.14. The van der Waals surface area contributed by atoms with Crippen LogP contribution in [-0.2, 0) is 7.05 Å². The lowest BCUT2D eigenvalue weighted by Crippen LogP contribution is -1.88. The van der Waals surface area contributed by atoms with Crippen molar-refractivity contribution in [2.75, 3.05) is 12.4 Å². The number of fused-ring (bicyclic) bond motifs is 2. The molecule has 0 saturated carbocycles. The SMILES string of the molecule is CNc1nc2ccc(-c3cc(C#N)c4nn(C)cc4c3)nc2s1. The number of hydrogen-bond acceptors (Lipinski definition) is 6. The van der Waals surface area contributed by atoms with Crippen LogP contribution in [0.3, 0.4) is 0 Å². The minimum Gasteiger partial charge on any atom is -0.365 e. The maximum Gasteiger partial charge on any atom is 0.185 e. The van der Waals surface area contributed by atoms with Crippen LogP contribution in [0.25, 0.3) is 32.5 Å². The van der Waals surface area contributed by atoms with Gasteiger partial charge in [0.2, 0.25) is 0 Å². The monoisotopic (exact) mass is 320 g/mol. The molecule has 0 bridgehead atoms. The Hall–Kier alpha value is -2.98. The minimum atomic E-state index is 0.556. The number of nitrogens with zero attached hydrogens (tertiary/aromatic N) is 5. The number of aryl methyl sites for hydroxylation is 1. The van der Waals surface area contributed by atoms with Crippen molar-refractivity contribution in [3.63, 3.8) is 0 Å². The molecule has 0 fully saturated rings. The molecule has 3 aromatic heterocycles. The maximum absolute atomic E-state index is 9.39. The Bertz CT molecular complexity index is 1090. The van der Waals surface area contributed by atoms with E-state index in [9.17, 15) is 5.26 Å². The predicted molar refractivity (Wildman–Crippen MR) is 91.4 cm³/mol. The Morgan fingerprint density at radius 2 is 2.13 bits per heavy atom. The molecule has 1 N–H and O–H groups in total. The molecule has 1 aromatic carbocycles. The first kappa shape index (κ1) is 13.7. The van der Waals surface area contributed by atoms with Crippen molar-refractivity contribution < 1.29 is 0 Å². The fraction of sp³-hybridized carbons (Fsp3) is 0.125. The maximum atomic E-state index is 9.39. The Morgan fingerprint density at radius 3 is 2.91 bits per heavy atom. The molecular weight excluding hydrogens is 308 g/mol. The van der Waals surface area contributed by atoms with E-state index in [1.54, 1.807) is 4.68 Å². The Morgan fingerprint density at radius 1 is 1.26 bits per heavy atom. The first-order valence-corrected chi connectivity index (χ1v) is 7.83. The number of benzene rings is 1. The predicted octanol–water partition coefficient (Wildman–Crippen LogP) is 3.16. The van der Waals surface area contributed by atoms with E-state index in [0.29, 0.717) is 5.56 Å². The van der Waals surface area contributed by atoms with Crippen molar-refractivity contribution in [3.8, 4) is 17.3 Å². The Balaban J connectivity index is 1.92. The molecule has 7 heteroatoms. The molecule has 6 nitrogen and oxygen atoms in total. The Kier molecular flexibility index (Phi) is 2.99. The molecular formula is C16H12N6S. The zero-order chi connectivity index (χ0) is 16.0. The third kappa shape index (κ3) is 2.20. The molecule has 3 heterocycles. The zero-order valence-corrected chi connectivity index (χ0v) is 13.3. The largest absolute Gasteiger partial charge is 0.365 e. The average molecular weight is 320 g/mol. The Labute approximate surface area is 136 Å². The minimum absolute atomic E-state index is 0.556. The average Bonchev–Trinajstić information content (AvgIpc) is 3.14. The molecule has 0 spiro atoms. The van der Waals surface area contributed by atoms with E-state index < -0.39 is 0 Å². The van der Waals surface area contributed by atoms with Crippen LogP contribution in [0.2, 0.25) is 0 Å². The summed E-state index contributed by atoms with van der Waals surface area (Å²) in [5, 5.41) is 18.5. The summed E-state index contributed by atoms with van der Waals surface area (Å²) in [5.74, 6) is 0. The highest BCUT2D eigenvalue weighted by Crippen LogP contribution is 2.29. The van der Waals surface area contributed by atoms with E-state index in [-0.39, 0.29) is 0 Å². The van der Waals surface area contributed by atoms with Gasteiger partial charge in [-0.1, -0.05) is 11.3 Å². The summed E-state index contributed by atoms with van der Waals surface area (Å²) in [6, 6.07) is 9.95. The van der Waals surface area contributed by atoms with Gasteiger partial charge in [-0.3, -0.25) is 4.68 Å². The topological polar surface area (TPSA) is 79.4 Å². The second-order valence-electron chi connectivity index (χ2n) is 5.17. The van der Waals surface area contributed by atoms with Gasteiger partial charge in [-0.05, 0) is 24.3 Å². The highest BCUT2D eigenvalue weighted by atomic mass is 32.1. The fourth-order valence-corrected chi connectivity index (χ4v) is 3.36. The number of thiazole rings is 1. The van der Waals surface area contributed by atoms with Gasteiger partial charge in [0.15, 0.2) is 5.13 Å². The van der Waals surface area contributed by atoms with Gasteiger partial charge in [-0.15, -0.1) is 0 Å². The number of pyridine rings is 1. The summed E-state index contributed by atoms with van der Waals surface area (Å²) < 4.78 is 1.72. The molecule has 0 aliphatic heterocycles. The summed E-state index contributed by atoms with van der Waals surface area (Å²) in [6.45, 7) is 0. The highest BCUT2D eigenvalue weighted by Gasteiger charge is 2.11. The van der Waals surface area contributed by atoms with Crippen molar-refractivity contribution in [2.24, 2.45) is 7.05 Å². The number of aromatic nitrogens is 4. The van der Waals surface area contributed by atoms with Crippen LogP contribution in [0.15, 0.2) is 30.5 Å². The van der Waals surface area contributed by atoms with Crippen molar-refractivity contribution in [1.29, 1.82) is 5.26 Å². The van der Waals surface area contributed by atoms with E-state index in [2.05, 4.69) is 26.5 Å². The summed E-state index contributed by atoms with van der Waals surface area (Å²) in [4.78, 5) is 9.99. The van der Waals surface area contributed by atoms with Crippen LogP contribution >= 0.6 is 11.3 Å². The van der Waals surface area contributed by atoms with Crippen molar-refractivity contribution in [2.45, 2.75) is 0 Å². The molecule has 23 heavy (non-hydrogen) atoms. The molecule has 0 saturated heterocycles. The molecule has 0 aliphatic carbocycles. The van der Waals surface area contributed by atoms with Gasteiger partial charge in [0.25, 0.3) is 0 Å². The van der Waals surface area contributed by atoms with Gasteiger partial charge >= 0.3 is 0 Å². The third-order valence-corrected chi connectivity index (χ3v) is 4.59. The van der Waals surface area contributed by atoms with E-state index in [1.165, 1.54) is 11.3 Å². The van der Waals surface area contributed by atoms with E-state index in [1.807, 2.05) is 44.6 Å². The second kappa shape index (κ2) is 5.04. The molecule has 4 aromatic rings. The number of hydrogen-bond donors (Lipinski definition) is 1. The number of anilines is 1. The van der Waals surface area contributed by atoms with Gasteiger partial charge < -0.3 is 5.32 Å². The molecule has 112 valence electrons. The van der Waals surface area contributed by atoms with E-state index in [4.69, 9.17) is 0 Å². The number of rotatable bonds is 2. The van der Waals surface area contributed by atoms with Gasteiger partial charge in [0, 0.05) is 31.2 Å². The number of nitriles is 1. The van der Waals surface area contributed by atoms with Crippen molar-refractivity contribution >= 4 is 37.7 Å². The van der Waals surface area contributed by atoms with Crippen LogP contribution in [0, 0.1) is 11.3 Å². The smallest absolute Gasteiger partial charge is 0.185 e. The van der Waals surface area contributed by atoms with E-state index in [0.717, 1.165) is 37.6 Å². The van der Waals surface area contributed by atoms with Gasteiger partial charge in [-0.2, -0.15) is 10.4 Å². The summed E-state index contributed by atoms with van der Waals surface area (Å²) in [5.41, 5.74) is 3.87. The first-order chi connectivity index (χ1) is 11.2.